The summed E-state index contributed by atoms with van der Waals surface area (Å²) in [6, 6.07) is 17.6. The predicted octanol–water partition coefficient (Wildman–Crippen LogP) is 4.55. The standard InChI is InChI=1S/C23H22N4O2S/c1-2-16-14-30-23-25-20(18-6-3-4-12-24-18)21(27(16)23)19-7-5-13-26(19)17-10-8-15(9-11-17)22(28)29/h3-13,16,20-21H,2,14H2,1H3,(H,28,29)/t16-,20-,21+/m1/s1. The van der Waals surface area contributed by atoms with E-state index in [1.165, 1.54) is 0 Å². The van der Waals surface area contributed by atoms with Crippen LogP contribution in [-0.2, 0) is 0 Å². The molecular formula is C23H22N4O2S. The smallest absolute Gasteiger partial charge is 0.335 e. The highest BCUT2D eigenvalue weighted by Crippen LogP contribution is 2.48. The summed E-state index contributed by atoms with van der Waals surface area (Å²) in [5, 5.41) is 10.3. The Kier molecular flexibility index (Phi) is 4.83. The summed E-state index contributed by atoms with van der Waals surface area (Å²) in [4.78, 5) is 23.4. The molecule has 30 heavy (non-hydrogen) atoms. The number of benzene rings is 1. The SMILES string of the molecule is CC[C@@H]1CSC2=N[C@H](c3ccccn3)[C@H](c3cccn3-c3ccc(C(=O)O)cc3)N21. The molecule has 0 saturated carbocycles. The largest absolute Gasteiger partial charge is 0.478 e. The molecule has 1 fully saturated rings. The molecule has 1 saturated heterocycles. The van der Waals surface area contributed by atoms with E-state index in [1.54, 1.807) is 12.1 Å². The fourth-order valence-electron chi connectivity index (χ4n) is 4.31. The van der Waals surface area contributed by atoms with Crippen LogP contribution in [0.25, 0.3) is 5.69 Å². The van der Waals surface area contributed by atoms with Gasteiger partial charge in [0, 0.05) is 35.6 Å². The molecule has 152 valence electrons. The Hall–Kier alpha value is -3.06. The third-order valence-corrected chi connectivity index (χ3v) is 6.93. The number of amidine groups is 1. The first-order chi connectivity index (χ1) is 14.7. The number of aliphatic imine (C=N–C) groups is 1. The second-order valence-corrected chi connectivity index (χ2v) is 8.48. The lowest BCUT2D eigenvalue weighted by Crippen LogP contribution is -2.36. The molecule has 4 heterocycles. The first-order valence-corrected chi connectivity index (χ1v) is 11.1. The van der Waals surface area contributed by atoms with Crippen molar-refractivity contribution in [3.05, 3.63) is 83.9 Å². The van der Waals surface area contributed by atoms with Crippen molar-refractivity contribution in [2.24, 2.45) is 4.99 Å². The Labute approximate surface area is 179 Å². The molecule has 0 unspecified atom stereocenters. The van der Waals surface area contributed by atoms with Gasteiger partial charge in [-0.3, -0.25) is 9.98 Å². The average molecular weight is 419 g/mol. The Balaban J connectivity index is 1.59. The zero-order valence-corrected chi connectivity index (χ0v) is 17.4. The average Bonchev–Trinajstić information content (AvgIpc) is 3.49. The van der Waals surface area contributed by atoms with Gasteiger partial charge in [-0.1, -0.05) is 24.8 Å². The normalized spacial score (nSPS) is 22.8. The number of hydrogen-bond acceptors (Lipinski definition) is 5. The molecule has 0 radical (unpaired) electrons. The maximum Gasteiger partial charge on any atom is 0.335 e. The second kappa shape index (κ2) is 7.65. The Bertz CT molecular complexity index is 1090. The number of thioether (sulfide) groups is 1. The number of hydrogen-bond donors (Lipinski definition) is 1. The first kappa shape index (κ1) is 18.9. The quantitative estimate of drug-likeness (QED) is 0.658. The lowest BCUT2D eigenvalue weighted by Gasteiger charge is -2.32. The zero-order valence-electron chi connectivity index (χ0n) is 16.5. The van der Waals surface area contributed by atoms with Gasteiger partial charge in [-0.2, -0.15) is 0 Å². The van der Waals surface area contributed by atoms with Crippen molar-refractivity contribution in [2.45, 2.75) is 31.5 Å². The Morgan fingerprint density at radius 2 is 2.00 bits per heavy atom. The van der Waals surface area contributed by atoms with Crippen LogP contribution in [-0.4, -0.2) is 42.5 Å². The molecule has 1 aromatic carbocycles. The van der Waals surface area contributed by atoms with Crippen LogP contribution >= 0.6 is 11.8 Å². The second-order valence-electron chi connectivity index (χ2n) is 7.49. The van der Waals surface area contributed by atoms with Crippen LogP contribution in [0.3, 0.4) is 0 Å². The number of carboxylic acid groups (broad SMARTS) is 1. The fourth-order valence-corrected chi connectivity index (χ4v) is 5.64. The molecule has 1 N–H and O–H groups in total. The van der Waals surface area contributed by atoms with Crippen molar-refractivity contribution in [2.75, 3.05) is 5.75 Å². The zero-order chi connectivity index (χ0) is 20.7. The van der Waals surface area contributed by atoms with Gasteiger partial charge in [-0.25, -0.2) is 4.79 Å². The van der Waals surface area contributed by atoms with Gasteiger partial charge in [0.25, 0.3) is 0 Å². The number of pyridine rings is 1. The van der Waals surface area contributed by atoms with Gasteiger partial charge in [-0.05, 0) is 55.0 Å². The number of nitrogens with zero attached hydrogens (tertiary/aromatic N) is 4. The number of carbonyl (C=O) groups is 1. The van der Waals surface area contributed by atoms with Crippen LogP contribution in [0.4, 0.5) is 0 Å². The minimum Gasteiger partial charge on any atom is -0.478 e. The number of rotatable bonds is 5. The molecule has 2 aliphatic rings. The number of aromatic carboxylic acids is 1. The minimum absolute atomic E-state index is 0.0454. The molecule has 7 heteroatoms. The summed E-state index contributed by atoms with van der Waals surface area (Å²) in [6.45, 7) is 2.23. The van der Waals surface area contributed by atoms with E-state index in [4.69, 9.17) is 4.99 Å². The molecule has 3 atom stereocenters. The number of fused-ring (bicyclic) bond motifs is 1. The van der Waals surface area contributed by atoms with Gasteiger partial charge in [0.05, 0.1) is 11.3 Å². The van der Waals surface area contributed by atoms with Crippen LogP contribution in [0.5, 0.6) is 0 Å². The molecular weight excluding hydrogens is 396 g/mol. The summed E-state index contributed by atoms with van der Waals surface area (Å²) >= 11 is 1.83. The molecule has 3 aromatic rings. The van der Waals surface area contributed by atoms with E-state index in [0.29, 0.717) is 6.04 Å². The lowest BCUT2D eigenvalue weighted by molar-refractivity contribution is 0.0697. The monoisotopic (exact) mass is 418 g/mol. The van der Waals surface area contributed by atoms with Gasteiger partial charge < -0.3 is 14.6 Å². The van der Waals surface area contributed by atoms with E-state index in [0.717, 1.165) is 34.4 Å². The van der Waals surface area contributed by atoms with Crippen molar-refractivity contribution < 1.29 is 9.90 Å². The van der Waals surface area contributed by atoms with Crippen LogP contribution < -0.4 is 0 Å². The lowest BCUT2D eigenvalue weighted by atomic mass is 9.99. The summed E-state index contributed by atoms with van der Waals surface area (Å²) in [6.07, 6.45) is 4.92. The maximum absolute atomic E-state index is 11.2. The van der Waals surface area contributed by atoms with Crippen LogP contribution in [0.2, 0.25) is 0 Å². The summed E-state index contributed by atoms with van der Waals surface area (Å²) < 4.78 is 2.14. The molecule has 0 bridgehead atoms. The highest BCUT2D eigenvalue weighted by atomic mass is 32.2. The van der Waals surface area contributed by atoms with Crippen molar-refractivity contribution >= 4 is 22.9 Å². The van der Waals surface area contributed by atoms with Crippen molar-refractivity contribution in [3.8, 4) is 5.69 Å². The molecule has 2 aromatic heterocycles. The number of carboxylic acids is 1. The summed E-state index contributed by atoms with van der Waals surface area (Å²) in [5.74, 6) is 0.132. The van der Waals surface area contributed by atoms with Crippen molar-refractivity contribution in [1.82, 2.24) is 14.5 Å². The predicted molar refractivity (Wildman–Crippen MR) is 118 cm³/mol. The summed E-state index contributed by atoms with van der Waals surface area (Å²) in [5.41, 5.74) is 3.32. The van der Waals surface area contributed by atoms with E-state index in [-0.39, 0.29) is 17.6 Å². The van der Waals surface area contributed by atoms with E-state index in [9.17, 15) is 9.90 Å². The molecule has 2 aliphatic heterocycles. The van der Waals surface area contributed by atoms with Gasteiger partial charge in [0.15, 0.2) is 5.17 Å². The van der Waals surface area contributed by atoms with Crippen molar-refractivity contribution in [3.63, 3.8) is 0 Å². The van der Waals surface area contributed by atoms with Gasteiger partial charge >= 0.3 is 5.97 Å². The molecule has 0 aliphatic carbocycles. The fraction of sp³-hybridized carbons (Fsp3) is 0.261. The van der Waals surface area contributed by atoms with Gasteiger partial charge in [0.1, 0.15) is 12.1 Å². The maximum atomic E-state index is 11.2. The third-order valence-electron chi connectivity index (χ3n) is 5.81. The summed E-state index contributed by atoms with van der Waals surface area (Å²) in [7, 11) is 0. The molecule has 0 amide bonds. The highest BCUT2D eigenvalue weighted by molar-refractivity contribution is 8.14. The van der Waals surface area contributed by atoms with Gasteiger partial charge in [0.2, 0.25) is 0 Å². The Morgan fingerprint density at radius 3 is 2.70 bits per heavy atom. The van der Waals surface area contributed by atoms with E-state index < -0.39 is 5.97 Å². The van der Waals surface area contributed by atoms with E-state index in [1.807, 2.05) is 60.6 Å². The highest BCUT2D eigenvalue weighted by Gasteiger charge is 2.46. The van der Waals surface area contributed by atoms with E-state index in [2.05, 4.69) is 27.4 Å². The topological polar surface area (TPSA) is 70.7 Å². The number of aromatic nitrogens is 2. The van der Waals surface area contributed by atoms with Crippen LogP contribution in [0.15, 0.2) is 72.0 Å². The molecule has 6 nitrogen and oxygen atoms in total. The third kappa shape index (κ3) is 3.10. The van der Waals surface area contributed by atoms with Crippen molar-refractivity contribution in [1.29, 1.82) is 0 Å². The van der Waals surface area contributed by atoms with Gasteiger partial charge in [-0.15, -0.1) is 0 Å². The molecule has 5 rings (SSSR count). The molecule has 0 spiro atoms. The first-order valence-electron chi connectivity index (χ1n) is 10.1. The van der Waals surface area contributed by atoms with E-state index >= 15 is 0 Å². The van der Waals surface area contributed by atoms with Crippen LogP contribution in [0.1, 0.15) is 47.2 Å². The van der Waals surface area contributed by atoms with Crippen LogP contribution in [0, 0.1) is 0 Å². The Morgan fingerprint density at radius 1 is 1.17 bits per heavy atom. The minimum atomic E-state index is -0.918.